The Labute approximate surface area is 181 Å². The Hall–Kier alpha value is -2.79. The molecule has 1 aromatic heterocycles. The van der Waals surface area contributed by atoms with Gasteiger partial charge in [-0.05, 0) is 62.9 Å². The van der Waals surface area contributed by atoms with E-state index in [1.165, 1.54) is 0 Å². The van der Waals surface area contributed by atoms with Crippen LogP contribution in [0.25, 0.3) is 5.69 Å². The number of halogens is 1. The van der Waals surface area contributed by atoms with Crippen LogP contribution < -0.4 is 4.74 Å². The highest BCUT2D eigenvalue weighted by Gasteiger charge is 2.41. The smallest absolute Gasteiger partial charge is 0.227 e. The maximum absolute atomic E-state index is 12.9. The van der Waals surface area contributed by atoms with Gasteiger partial charge in [-0.3, -0.25) is 4.79 Å². The third-order valence-electron chi connectivity index (χ3n) is 5.67. The van der Waals surface area contributed by atoms with Gasteiger partial charge in [0.25, 0.3) is 0 Å². The standard InChI is InChI=1S/C24H24ClN3O2/c1-16-22(15-27(19-12-13-19)23(29)17-10-11-17)24(30-21-8-3-2-4-9-21)28(26-16)20-7-5-6-18(25)14-20/h2-9,14,17,19H,10-13,15H2,1H3. The molecule has 1 heterocycles. The van der Waals surface area contributed by atoms with Gasteiger partial charge in [-0.15, -0.1) is 0 Å². The molecule has 0 spiro atoms. The van der Waals surface area contributed by atoms with Gasteiger partial charge in [0.15, 0.2) is 0 Å². The molecule has 5 nitrogen and oxygen atoms in total. The molecule has 5 rings (SSSR count). The molecule has 2 aromatic carbocycles. The van der Waals surface area contributed by atoms with Gasteiger partial charge >= 0.3 is 0 Å². The summed E-state index contributed by atoms with van der Waals surface area (Å²) in [6.45, 7) is 2.50. The van der Waals surface area contributed by atoms with Crippen LogP contribution in [0.15, 0.2) is 54.6 Å². The Morgan fingerprint density at radius 1 is 1.13 bits per heavy atom. The van der Waals surface area contributed by atoms with Crippen LogP contribution in [0, 0.1) is 12.8 Å². The van der Waals surface area contributed by atoms with E-state index in [9.17, 15) is 4.79 Å². The summed E-state index contributed by atoms with van der Waals surface area (Å²) < 4.78 is 8.12. The van der Waals surface area contributed by atoms with E-state index in [-0.39, 0.29) is 11.8 Å². The van der Waals surface area contributed by atoms with Gasteiger partial charge < -0.3 is 9.64 Å². The number of aryl methyl sites for hydroxylation is 1. The van der Waals surface area contributed by atoms with E-state index in [1.54, 1.807) is 4.68 Å². The second-order valence-corrected chi connectivity index (χ2v) is 8.58. The lowest BCUT2D eigenvalue weighted by atomic mass is 10.2. The van der Waals surface area contributed by atoms with Crippen molar-refractivity contribution in [3.63, 3.8) is 0 Å². The van der Waals surface area contributed by atoms with E-state index in [0.29, 0.717) is 23.5 Å². The minimum atomic E-state index is 0.201. The first kappa shape index (κ1) is 19.2. The van der Waals surface area contributed by atoms with Gasteiger partial charge in [0.2, 0.25) is 11.8 Å². The summed E-state index contributed by atoms with van der Waals surface area (Å²) in [7, 11) is 0. The lowest BCUT2D eigenvalue weighted by Crippen LogP contribution is -2.34. The van der Waals surface area contributed by atoms with Gasteiger partial charge in [-0.1, -0.05) is 35.9 Å². The number of para-hydroxylation sites is 1. The normalized spacial score (nSPS) is 15.8. The Bertz CT molecular complexity index is 1070. The number of hydrogen-bond donors (Lipinski definition) is 0. The van der Waals surface area contributed by atoms with Crippen molar-refractivity contribution in [2.75, 3.05) is 0 Å². The van der Waals surface area contributed by atoms with E-state index in [4.69, 9.17) is 21.4 Å². The van der Waals surface area contributed by atoms with E-state index in [1.807, 2.05) is 66.4 Å². The number of nitrogens with zero attached hydrogens (tertiary/aromatic N) is 3. The Balaban J connectivity index is 1.56. The largest absolute Gasteiger partial charge is 0.439 e. The summed E-state index contributed by atoms with van der Waals surface area (Å²) in [4.78, 5) is 15.0. The maximum Gasteiger partial charge on any atom is 0.227 e. The monoisotopic (exact) mass is 421 g/mol. The van der Waals surface area contributed by atoms with E-state index in [2.05, 4.69) is 0 Å². The first-order valence-electron chi connectivity index (χ1n) is 10.5. The molecule has 0 unspecified atom stereocenters. The molecular formula is C24H24ClN3O2. The summed E-state index contributed by atoms with van der Waals surface area (Å²) in [5.41, 5.74) is 2.63. The number of amides is 1. The van der Waals surface area contributed by atoms with E-state index < -0.39 is 0 Å². The molecule has 2 fully saturated rings. The second-order valence-electron chi connectivity index (χ2n) is 8.15. The molecule has 154 valence electrons. The zero-order chi connectivity index (χ0) is 20.7. The maximum atomic E-state index is 12.9. The number of carbonyl (C=O) groups is 1. The van der Waals surface area contributed by atoms with Crippen molar-refractivity contribution in [3.05, 3.63) is 70.9 Å². The third-order valence-corrected chi connectivity index (χ3v) is 5.91. The highest BCUT2D eigenvalue weighted by Crippen LogP contribution is 2.39. The summed E-state index contributed by atoms with van der Waals surface area (Å²) in [6.07, 6.45) is 4.18. The summed E-state index contributed by atoms with van der Waals surface area (Å²) in [5.74, 6) is 1.84. The fraction of sp³-hybridized carbons (Fsp3) is 0.333. The predicted octanol–water partition coefficient (Wildman–Crippen LogP) is 5.53. The molecule has 0 bridgehead atoms. The van der Waals surface area contributed by atoms with Gasteiger partial charge in [0.05, 0.1) is 23.5 Å². The molecule has 0 atom stereocenters. The van der Waals surface area contributed by atoms with E-state index >= 15 is 0 Å². The third kappa shape index (κ3) is 3.94. The van der Waals surface area contributed by atoms with Crippen LogP contribution in [0.4, 0.5) is 0 Å². The summed E-state index contributed by atoms with van der Waals surface area (Å²) in [5, 5.41) is 5.40. The van der Waals surface area contributed by atoms with Crippen LogP contribution in [0.5, 0.6) is 11.6 Å². The number of aromatic nitrogens is 2. The fourth-order valence-corrected chi connectivity index (χ4v) is 3.90. The highest BCUT2D eigenvalue weighted by molar-refractivity contribution is 6.30. The van der Waals surface area contributed by atoms with Crippen molar-refractivity contribution in [2.24, 2.45) is 5.92 Å². The second kappa shape index (κ2) is 7.80. The Kier molecular flexibility index (Phi) is 4.99. The van der Waals surface area contributed by atoms with Crippen LogP contribution in [-0.2, 0) is 11.3 Å². The van der Waals surface area contributed by atoms with Crippen molar-refractivity contribution < 1.29 is 9.53 Å². The van der Waals surface area contributed by atoms with Gasteiger partial charge in [0.1, 0.15) is 5.75 Å². The van der Waals surface area contributed by atoms with Gasteiger partial charge in [0, 0.05) is 17.0 Å². The van der Waals surface area contributed by atoms with Gasteiger partial charge in [-0.25, -0.2) is 4.68 Å². The molecule has 0 aliphatic heterocycles. The first-order chi connectivity index (χ1) is 14.6. The molecule has 1 amide bonds. The zero-order valence-electron chi connectivity index (χ0n) is 16.9. The predicted molar refractivity (Wildman–Crippen MR) is 116 cm³/mol. The van der Waals surface area contributed by atoms with Crippen molar-refractivity contribution >= 4 is 17.5 Å². The van der Waals surface area contributed by atoms with Crippen molar-refractivity contribution in [1.29, 1.82) is 0 Å². The van der Waals surface area contributed by atoms with Crippen LogP contribution >= 0.6 is 11.6 Å². The summed E-state index contributed by atoms with van der Waals surface area (Å²) in [6, 6.07) is 17.6. The highest BCUT2D eigenvalue weighted by atomic mass is 35.5. The molecule has 2 aliphatic rings. The molecule has 0 N–H and O–H groups in total. The fourth-order valence-electron chi connectivity index (χ4n) is 3.72. The lowest BCUT2D eigenvalue weighted by molar-refractivity contribution is -0.133. The topological polar surface area (TPSA) is 47.4 Å². The molecule has 3 aromatic rings. The van der Waals surface area contributed by atoms with Crippen molar-refractivity contribution in [1.82, 2.24) is 14.7 Å². The van der Waals surface area contributed by atoms with Crippen LogP contribution in [0.1, 0.15) is 36.9 Å². The van der Waals surface area contributed by atoms with Crippen molar-refractivity contribution in [2.45, 2.75) is 45.2 Å². The van der Waals surface area contributed by atoms with Crippen molar-refractivity contribution in [3.8, 4) is 17.3 Å². The minimum Gasteiger partial charge on any atom is -0.439 e. The Morgan fingerprint density at radius 2 is 1.90 bits per heavy atom. The minimum absolute atomic E-state index is 0.201. The SMILES string of the molecule is Cc1nn(-c2cccc(Cl)c2)c(Oc2ccccc2)c1CN(C(=O)C1CC1)C1CC1. The molecule has 30 heavy (non-hydrogen) atoms. The zero-order valence-corrected chi connectivity index (χ0v) is 17.7. The Morgan fingerprint density at radius 3 is 2.57 bits per heavy atom. The quantitative estimate of drug-likeness (QED) is 0.504. The molecule has 2 aliphatic carbocycles. The molecule has 0 radical (unpaired) electrons. The molecule has 0 saturated heterocycles. The average molecular weight is 422 g/mol. The number of carbonyl (C=O) groups excluding carboxylic acids is 1. The molecule has 6 heteroatoms. The number of ether oxygens (including phenoxy) is 1. The average Bonchev–Trinajstić information content (AvgIpc) is 3.66. The van der Waals surface area contributed by atoms with E-state index in [0.717, 1.165) is 48.4 Å². The van der Waals surface area contributed by atoms with Crippen LogP contribution in [-0.4, -0.2) is 26.6 Å². The lowest BCUT2D eigenvalue weighted by Gasteiger charge is -2.23. The van der Waals surface area contributed by atoms with Gasteiger partial charge in [-0.2, -0.15) is 5.10 Å². The number of rotatable bonds is 7. The van der Waals surface area contributed by atoms with Crippen LogP contribution in [0.2, 0.25) is 5.02 Å². The summed E-state index contributed by atoms with van der Waals surface area (Å²) >= 11 is 6.24. The molecule has 2 saturated carbocycles. The number of benzene rings is 2. The first-order valence-corrected chi connectivity index (χ1v) is 10.9. The number of hydrogen-bond acceptors (Lipinski definition) is 3. The molecular weight excluding hydrogens is 398 g/mol. The van der Waals surface area contributed by atoms with Crippen LogP contribution in [0.3, 0.4) is 0 Å².